The molecule has 2 aliphatic heterocycles. The Morgan fingerprint density at radius 2 is 0.857 bits per heavy atom. The number of hydrogen-bond donors (Lipinski definition) is 0. The first-order chi connectivity index (χ1) is 20.4. The average Bonchev–Trinajstić information content (AvgIpc) is 3.04. The normalized spacial score (nSPS) is 21.3. The third-order valence-electron chi connectivity index (χ3n) is 8.13. The van der Waals surface area contributed by atoms with Crippen molar-refractivity contribution in [2.75, 3.05) is 24.6 Å². The lowest BCUT2D eigenvalue weighted by Crippen LogP contribution is -2.25. The lowest BCUT2D eigenvalue weighted by Gasteiger charge is -2.31. The molecule has 2 atom stereocenters. The fourth-order valence-electron chi connectivity index (χ4n) is 5.94. The van der Waals surface area contributed by atoms with Gasteiger partial charge in [-0.3, -0.25) is 9.13 Å². The van der Waals surface area contributed by atoms with E-state index in [1.54, 1.807) is 0 Å². The highest BCUT2D eigenvalue weighted by Crippen LogP contribution is 2.60. The van der Waals surface area contributed by atoms with Gasteiger partial charge in [0.2, 0.25) is 0 Å². The molecule has 5 aromatic carbocycles. The van der Waals surface area contributed by atoms with Crippen LogP contribution in [0.15, 0.2) is 127 Å². The van der Waals surface area contributed by atoms with Gasteiger partial charge in [-0.1, -0.05) is 103 Å². The number of para-hydroxylation sites is 2. The molecule has 0 bridgehead atoms. The predicted octanol–water partition coefficient (Wildman–Crippen LogP) is 8.00. The summed E-state index contributed by atoms with van der Waals surface area (Å²) in [6, 6.07) is 39.7. The molecule has 0 saturated carbocycles. The molecule has 0 spiro atoms. The molecule has 42 heavy (non-hydrogen) atoms. The summed E-state index contributed by atoms with van der Waals surface area (Å²) < 4.78 is 56.5. The second kappa shape index (κ2) is 10.6. The molecule has 0 aromatic heterocycles. The second-order valence-electron chi connectivity index (χ2n) is 10.7. The largest absolute Gasteiger partial charge is 0.439 e. The summed E-state index contributed by atoms with van der Waals surface area (Å²) in [5.41, 5.74) is 3.56. The molecule has 5 nitrogen and oxygen atoms in total. The van der Waals surface area contributed by atoms with E-state index in [1.807, 2.05) is 127 Å². The minimum absolute atomic E-state index is 0.106. The lowest BCUT2D eigenvalue weighted by molar-refractivity contribution is 0.492. The maximum absolute atomic E-state index is 14.9. The molecule has 0 saturated heterocycles. The minimum Gasteiger partial charge on any atom is -0.439 e. The quantitative estimate of drug-likeness (QED) is 0.175. The van der Waals surface area contributed by atoms with Crippen LogP contribution in [0.3, 0.4) is 0 Å². The molecule has 0 amide bonds. The Morgan fingerprint density at radius 3 is 1.33 bits per heavy atom. The third kappa shape index (κ3) is 4.71. The Hall–Kier alpha value is -3.61. The summed E-state index contributed by atoms with van der Waals surface area (Å²) in [4.78, 5) is 0. The molecule has 0 fully saturated rings. The SMILES string of the molecule is O=P(CCP1(=O)Oc2ccccc2-c2ccccc21)(CCP1(=O)Oc2ccccc2-c2ccccc21)c1ccccc1. The first-order valence-electron chi connectivity index (χ1n) is 14.0. The van der Waals surface area contributed by atoms with E-state index in [9.17, 15) is 13.7 Å². The predicted molar refractivity (Wildman–Crippen MR) is 173 cm³/mol. The average molecular weight is 611 g/mol. The van der Waals surface area contributed by atoms with Gasteiger partial charge in [-0.05, 0) is 35.4 Å². The Balaban J connectivity index is 1.22. The van der Waals surface area contributed by atoms with Crippen LogP contribution >= 0.6 is 21.9 Å². The van der Waals surface area contributed by atoms with Crippen LogP contribution < -0.4 is 25.0 Å². The molecule has 210 valence electrons. The van der Waals surface area contributed by atoms with E-state index in [4.69, 9.17) is 9.05 Å². The van der Waals surface area contributed by atoms with Gasteiger partial charge in [0, 0.05) is 41.1 Å². The van der Waals surface area contributed by atoms with Crippen LogP contribution in [0, 0.1) is 0 Å². The monoisotopic (exact) mass is 610 g/mol. The van der Waals surface area contributed by atoms with Crippen molar-refractivity contribution in [3.05, 3.63) is 127 Å². The van der Waals surface area contributed by atoms with Gasteiger partial charge in [-0.2, -0.15) is 0 Å². The summed E-state index contributed by atoms with van der Waals surface area (Å²) in [6.45, 7) is 0. The first-order valence-corrected chi connectivity index (χ1v) is 19.7. The van der Waals surface area contributed by atoms with Crippen molar-refractivity contribution in [1.82, 2.24) is 0 Å². The number of rotatable bonds is 7. The van der Waals surface area contributed by atoms with E-state index in [0.717, 1.165) is 22.3 Å². The topological polar surface area (TPSA) is 69.7 Å². The zero-order chi connectivity index (χ0) is 28.8. The van der Waals surface area contributed by atoms with E-state index in [-0.39, 0.29) is 24.6 Å². The van der Waals surface area contributed by atoms with Crippen molar-refractivity contribution in [3.8, 4) is 33.8 Å². The molecule has 5 aromatic rings. The highest BCUT2D eigenvalue weighted by Gasteiger charge is 2.41. The zero-order valence-electron chi connectivity index (χ0n) is 22.8. The molecule has 2 unspecified atom stereocenters. The van der Waals surface area contributed by atoms with Gasteiger partial charge in [-0.15, -0.1) is 0 Å². The van der Waals surface area contributed by atoms with Crippen molar-refractivity contribution >= 4 is 37.8 Å². The van der Waals surface area contributed by atoms with Gasteiger partial charge in [0.15, 0.2) is 0 Å². The van der Waals surface area contributed by atoms with Crippen LogP contribution in [0.2, 0.25) is 0 Å². The first kappa shape index (κ1) is 27.2. The van der Waals surface area contributed by atoms with Crippen molar-refractivity contribution in [3.63, 3.8) is 0 Å². The Bertz CT molecular complexity index is 1830. The maximum atomic E-state index is 14.9. The molecule has 8 heteroatoms. The lowest BCUT2D eigenvalue weighted by atomic mass is 10.0. The van der Waals surface area contributed by atoms with Gasteiger partial charge in [0.1, 0.15) is 18.6 Å². The smallest absolute Gasteiger partial charge is 0.278 e. The Morgan fingerprint density at radius 1 is 0.476 bits per heavy atom. The highest BCUT2D eigenvalue weighted by molar-refractivity contribution is 7.75. The van der Waals surface area contributed by atoms with Crippen LogP contribution in [0.5, 0.6) is 11.5 Å². The fraction of sp³-hybridized carbons (Fsp3) is 0.118. The molecule has 0 N–H and O–H groups in total. The molecule has 0 aliphatic carbocycles. The van der Waals surface area contributed by atoms with Crippen molar-refractivity contribution in [2.24, 2.45) is 0 Å². The summed E-state index contributed by atoms with van der Waals surface area (Å²) in [6.07, 6.45) is 0.524. The summed E-state index contributed by atoms with van der Waals surface area (Å²) in [7, 11) is -9.98. The second-order valence-corrected chi connectivity index (χ2v) is 18.8. The van der Waals surface area contributed by atoms with Gasteiger partial charge < -0.3 is 13.6 Å². The molecule has 2 aliphatic rings. The molecular weight excluding hydrogens is 581 g/mol. The van der Waals surface area contributed by atoms with E-state index < -0.39 is 21.9 Å². The van der Waals surface area contributed by atoms with Crippen LogP contribution in [-0.4, -0.2) is 24.6 Å². The van der Waals surface area contributed by atoms with E-state index in [2.05, 4.69) is 0 Å². The van der Waals surface area contributed by atoms with Gasteiger partial charge in [-0.25, -0.2) is 0 Å². The highest BCUT2D eigenvalue weighted by atomic mass is 31.2. The minimum atomic E-state index is -3.39. The van der Waals surface area contributed by atoms with Crippen molar-refractivity contribution in [1.29, 1.82) is 0 Å². The molecule has 0 radical (unpaired) electrons. The maximum Gasteiger partial charge on any atom is 0.278 e. The van der Waals surface area contributed by atoms with E-state index in [0.29, 0.717) is 27.4 Å². The van der Waals surface area contributed by atoms with Gasteiger partial charge >= 0.3 is 0 Å². The standard InChI is InChI=1S/C34H29O5P3/c35-40(26-12-2-1-3-13-26,22-24-41(36)33-20-10-6-16-29(33)27-14-4-8-18-31(27)38-41)23-25-42(37)34-21-11-7-17-30(34)28-15-5-9-19-32(28)39-42/h1-21H,22-25H2. The number of hydrogen-bond acceptors (Lipinski definition) is 5. The number of fused-ring (bicyclic) bond motifs is 6. The molecular formula is C34H29O5P3. The summed E-state index contributed by atoms with van der Waals surface area (Å²) >= 11 is 0. The van der Waals surface area contributed by atoms with Crippen molar-refractivity contribution in [2.45, 2.75) is 0 Å². The number of benzene rings is 5. The molecule has 7 rings (SSSR count). The molecule has 2 heterocycles. The van der Waals surface area contributed by atoms with Gasteiger partial charge in [0.05, 0.1) is 10.6 Å². The summed E-state index contributed by atoms with van der Waals surface area (Å²) in [5.74, 6) is 1.15. The fourth-order valence-corrected chi connectivity index (χ4v) is 15.7. The van der Waals surface area contributed by atoms with E-state index >= 15 is 0 Å². The van der Waals surface area contributed by atoms with Crippen molar-refractivity contribution < 1.29 is 22.7 Å². The summed E-state index contributed by atoms with van der Waals surface area (Å²) in [5, 5.41) is 1.98. The zero-order valence-corrected chi connectivity index (χ0v) is 25.5. The third-order valence-corrected chi connectivity index (χ3v) is 16.8. The Kier molecular flexibility index (Phi) is 6.87. The van der Waals surface area contributed by atoms with Crippen LogP contribution in [0.4, 0.5) is 0 Å². The van der Waals surface area contributed by atoms with Crippen LogP contribution in [-0.2, 0) is 13.7 Å². The van der Waals surface area contributed by atoms with E-state index in [1.165, 1.54) is 0 Å². The van der Waals surface area contributed by atoms with Gasteiger partial charge in [0.25, 0.3) is 14.7 Å². The van der Waals surface area contributed by atoms with Crippen LogP contribution in [0.1, 0.15) is 0 Å². The Labute approximate surface area is 245 Å². The van der Waals surface area contributed by atoms with Crippen LogP contribution in [0.25, 0.3) is 22.3 Å².